The summed E-state index contributed by atoms with van der Waals surface area (Å²) in [6.07, 6.45) is 2.05. The van der Waals surface area contributed by atoms with Gasteiger partial charge in [0, 0.05) is 18.1 Å². The van der Waals surface area contributed by atoms with Crippen LogP contribution in [0.15, 0.2) is 45.7 Å². The number of rotatable bonds is 5. The highest BCUT2D eigenvalue weighted by Crippen LogP contribution is 2.42. The lowest BCUT2D eigenvalue weighted by molar-refractivity contribution is 0.119. The molecule has 0 bridgehead atoms. The van der Waals surface area contributed by atoms with Crippen molar-refractivity contribution in [2.75, 3.05) is 20.5 Å². The molecular formula is C19H20O4S. The number of ether oxygens (including phenoxy) is 2. The van der Waals surface area contributed by atoms with Crippen molar-refractivity contribution >= 4 is 22.7 Å². The molecule has 0 radical (unpaired) electrons. The normalized spacial score (nSPS) is 12.5. The lowest BCUT2D eigenvalue weighted by Gasteiger charge is -2.09. The van der Waals surface area contributed by atoms with Crippen molar-refractivity contribution in [2.45, 2.75) is 17.9 Å². The molecule has 0 saturated heterocycles. The average molecular weight is 344 g/mol. The van der Waals surface area contributed by atoms with Gasteiger partial charge in [-0.05, 0) is 49.1 Å². The van der Waals surface area contributed by atoms with Gasteiger partial charge >= 0.3 is 0 Å². The SMILES string of the molecule is COc1cc(-c2oc3ccc(C(C)OC)cc3c2SC)ccc1O. The summed E-state index contributed by atoms with van der Waals surface area (Å²) in [6.45, 7) is 2.02. The summed E-state index contributed by atoms with van der Waals surface area (Å²) >= 11 is 1.63. The van der Waals surface area contributed by atoms with E-state index in [1.54, 1.807) is 31.0 Å². The van der Waals surface area contributed by atoms with E-state index >= 15 is 0 Å². The van der Waals surface area contributed by atoms with Crippen molar-refractivity contribution in [2.24, 2.45) is 0 Å². The number of fused-ring (bicyclic) bond motifs is 1. The Balaban J connectivity index is 2.18. The van der Waals surface area contributed by atoms with E-state index in [0.717, 1.165) is 32.8 Å². The van der Waals surface area contributed by atoms with Crippen molar-refractivity contribution in [3.05, 3.63) is 42.0 Å². The molecule has 24 heavy (non-hydrogen) atoms. The second-order valence-electron chi connectivity index (χ2n) is 5.48. The predicted octanol–water partition coefficient (Wildman–Crippen LogP) is 5.24. The second-order valence-corrected chi connectivity index (χ2v) is 6.30. The third-order valence-electron chi connectivity index (χ3n) is 4.14. The lowest BCUT2D eigenvalue weighted by atomic mass is 10.1. The molecule has 0 aliphatic heterocycles. The molecule has 1 N–H and O–H groups in total. The summed E-state index contributed by atoms with van der Waals surface area (Å²) in [5.41, 5.74) is 2.80. The Morgan fingerprint density at radius 2 is 1.92 bits per heavy atom. The smallest absolute Gasteiger partial charge is 0.161 e. The van der Waals surface area contributed by atoms with Crippen LogP contribution in [-0.4, -0.2) is 25.6 Å². The number of hydrogen-bond acceptors (Lipinski definition) is 5. The Bertz CT molecular complexity index is 869. The molecular weight excluding hydrogens is 324 g/mol. The standard InChI is InChI=1S/C19H20O4S/c1-11(21-2)12-6-8-16-14(9-12)19(24-4)18(23-16)13-5-7-15(20)17(10-13)22-3/h5-11,20H,1-4H3. The first kappa shape index (κ1) is 16.7. The number of benzene rings is 2. The summed E-state index contributed by atoms with van der Waals surface area (Å²) in [5.74, 6) is 1.31. The Morgan fingerprint density at radius 3 is 2.58 bits per heavy atom. The summed E-state index contributed by atoms with van der Waals surface area (Å²) < 4.78 is 16.7. The van der Waals surface area contributed by atoms with E-state index in [-0.39, 0.29) is 11.9 Å². The van der Waals surface area contributed by atoms with E-state index < -0.39 is 0 Å². The lowest BCUT2D eigenvalue weighted by Crippen LogP contribution is -1.94. The molecule has 2 aromatic carbocycles. The van der Waals surface area contributed by atoms with Crippen LogP contribution in [-0.2, 0) is 4.74 Å². The molecule has 126 valence electrons. The largest absolute Gasteiger partial charge is 0.504 e. The van der Waals surface area contributed by atoms with Crippen LogP contribution in [0.1, 0.15) is 18.6 Å². The van der Waals surface area contributed by atoms with Gasteiger partial charge in [0.2, 0.25) is 0 Å². The molecule has 1 aromatic heterocycles. The highest BCUT2D eigenvalue weighted by Gasteiger charge is 2.18. The Kier molecular flexibility index (Phi) is 4.73. The van der Waals surface area contributed by atoms with Crippen LogP contribution in [0.4, 0.5) is 0 Å². The third-order valence-corrected chi connectivity index (χ3v) is 4.95. The number of thioether (sulfide) groups is 1. The summed E-state index contributed by atoms with van der Waals surface area (Å²) in [6, 6.07) is 11.3. The van der Waals surface area contributed by atoms with E-state index in [0.29, 0.717) is 5.75 Å². The van der Waals surface area contributed by atoms with Gasteiger partial charge in [0.15, 0.2) is 11.5 Å². The van der Waals surface area contributed by atoms with Crippen molar-refractivity contribution < 1.29 is 19.0 Å². The molecule has 3 rings (SSSR count). The molecule has 0 spiro atoms. The number of aromatic hydroxyl groups is 1. The van der Waals surface area contributed by atoms with Gasteiger partial charge in [-0.3, -0.25) is 0 Å². The van der Waals surface area contributed by atoms with Gasteiger partial charge in [-0.1, -0.05) is 6.07 Å². The second kappa shape index (κ2) is 6.79. The first-order chi connectivity index (χ1) is 11.6. The maximum atomic E-state index is 9.80. The minimum absolute atomic E-state index is 0.0243. The first-order valence-electron chi connectivity index (χ1n) is 7.59. The van der Waals surface area contributed by atoms with Gasteiger partial charge < -0.3 is 19.0 Å². The van der Waals surface area contributed by atoms with Gasteiger partial charge in [-0.15, -0.1) is 11.8 Å². The first-order valence-corrected chi connectivity index (χ1v) is 8.82. The predicted molar refractivity (Wildman–Crippen MR) is 97.1 cm³/mol. The summed E-state index contributed by atoms with van der Waals surface area (Å²) in [7, 11) is 3.24. The molecule has 0 saturated carbocycles. The fourth-order valence-corrected chi connectivity index (χ4v) is 3.42. The fourth-order valence-electron chi connectivity index (χ4n) is 2.69. The molecule has 0 fully saturated rings. The van der Waals surface area contributed by atoms with Crippen LogP contribution in [0.2, 0.25) is 0 Å². The number of hydrogen-bond donors (Lipinski definition) is 1. The number of phenolic OH excluding ortho intramolecular Hbond substituents is 1. The van der Waals surface area contributed by atoms with Gasteiger partial charge in [-0.25, -0.2) is 0 Å². The molecule has 4 nitrogen and oxygen atoms in total. The Morgan fingerprint density at radius 1 is 1.12 bits per heavy atom. The quantitative estimate of drug-likeness (QED) is 0.641. The van der Waals surface area contributed by atoms with Crippen LogP contribution >= 0.6 is 11.8 Å². The van der Waals surface area contributed by atoms with E-state index in [1.807, 2.05) is 31.4 Å². The minimum Gasteiger partial charge on any atom is -0.504 e. The molecule has 1 unspecified atom stereocenters. The molecule has 5 heteroatoms. The molecule has 3 aromatic rings. The fraction of sp³-hybridized carbons (Fsp3) is 0.263. The third kappa shape index (κ3) is 2.85. The van der Waals surface area contributed by atoms with Crippen molar-refractivity contribution in [3.63, 3.8) is 0 Å². The number of furan rings is 1. The zero-order chi connectivity index (χ0) is 17.3. The van der Waals surface area contributed by atoms with Crippen LogP contribution in [0.25, 0.3) is 22.3 Å². The highest BCUT2D eigenvalue weighted by molar-refractivity contribution is 7.99. The van der Waals surface area contributed by atoms with Gasteiger partial charge in [-0.2, -0.15) is 0 Å². The molecule has 0 aliphatic carbocycles. The highest BCUT2D eigenvalue weighted by atomic mass is 32.2. The maximum absolute atomic E-state index is 9.80. The zero-order valence-electron chi connectivity index (χ0n) is 14.1. The Hall–Kier alpha value is -2.11. The number of methoxy groups -OCH3 is 2. The maximum Gasteiger partial charge on any atom is 0.161 e. The monoisotopic (exact) mass is 344 g/mol. The van der Waals surface area contributed by atoms with Crippen LogP contribution in [0.3, 0.4) is 0 Å². The summed E-state index contributed by atoms with van der Waals surface area (Å²) in [5, 5.41) is 10.9. The van der Waals surface area contributed by atoms with Crippen molar-refractivity contribution in [3.8, 4) is 22.8 Å². The minimum atomic E-state index is 0.0243. The topological polar surface area (TPSA) is 51.8 Å². The molecule has 1 atom stereocenters. The number of phenols is 1. The van der Waals surface area contributed by atoms with E-state index in [4.69, 9.17) is 13.9 Å². The van der Waals surface area contributed by atoms with Crippen molar-refractivity contribution in [1.29, 1.82) is 0 Å². The average Bonchev–Trinajstić information content (AvgIpc) is 2.99. The molecule has 1 heterocycles. The van der Waals surface area contributed by atoms with Crippen molar-refractivity contribution in [1.82, 2.24) is 0 Å². The molecule has 0 aliphatic rings. The van der Waals surface area contributed by atoms with Gasteiger partial charge in [0.1, 0.15) is 11.3 Å². The van der Waals surface area contributed by atoms with E-state index in [1.165, 1.54) is 7.11 Å². The van der Waals surface area contributed by atoms with Gasteiger partial charge in [0.25, 0.3) is 0 Å². The Labute approximate surface area is 145 Å². The van der Waals surface area contributed by atoms with Crippen LogP contribution in [0.5, 0.6) is 11.5 Å². The van der Waals surface area contributed by atoms with E-state index in [9.17, 15) is 5.11 Å². The summed E-state index contributed by atoms with van der Waals surface area (Å²) in [4.78, 5) is 1.06. The molecule has 0 amide bonds. The zero-order valence-corrected chi connectivity index (χ0v) is 14.9. The van der Waals surface area contributed by atoms with Gasteiger partial charge in [0.05, 0.1) is 18.1 Å². The van der Waals surface area contributed by atoms with E-state index in [2.05, 4.69) is 6.07 Å². The van der Waals surface area contributed by atoms with Crippen LogP contribution < -0.4 is 4.74 Å². The van der Waals surface area contributed by atoms with Crippen LogP contribution in [0, 0.1) is 0 Å².